The van der Waals surface area contributed by atoms with E-state index in [9.17, 15) is 0 Å². The second-order valence-corrected chi connectivity index (χ2v) is 2.14. The minimum atomic E-state index is 0.750. The molecule has 0 saturated heterocycles. The molecule has 56 valence electrons. The Morgan fingerprint density at radius 3 is 3.00 bits per heavy atom. The minimum absolute atomic E-state index is 0.750. The zero-order valence-corrected chi connectivity index (χ0v) is 6.29. The van der Waals surface area contributed by atoms with Crippen LogP contribution < -0.4 is 5.48 Å². The second kappa shape index (κ2) is 3.39. The van der Waals surface area contributed by atoms with E-state index in [-0.39, 0.29) is 0 Å². The molecule has 0 aliphatic heterocycles. The van der Waals surface area contributed by atoms with Gasteiger partial charge in [-0.1, -0.05) is 0 Å². The maximum absolute atomic E-state index is 4.71. The van der Waals surface area contributed by atoms with Crippen molar-refractivity contribution in [2.24, 2.45) is 7.05 Å². The van der Waals surface area contributed by atoms with Crippen molar-refractivity contribution >= 4 is 0 Å². The summed E-state index contributed by atoms with van der Waals surface area (Å²) >= 11 is 0. The average molecular weight is 140 g/mol. The molecule has 3 nitrogen and oxygen atoms in total. The standard InChI is InChI=1S/C7H12N2O/c1-9-5-3-4-7(9)6-8-10-2/h3-5,8H,6H2,1-2H3. The lowest BCUT2D eigenvalue weighted by Gasteiger charge is -2.02. The average Bonchev–Trinajstić information content (AvgIpc) is 2.31. The van der Waals surface area contributed by atoms with Gasteiger partial charge < -0.3 is 9.40 Å². The molecule has 0 aliphatic carbocycles. The third-order valence-corrected chi connectivity index (χ3v) is 1.45. The Bertz CT molecular complexity index is 195. The fourth-order valence-electron chi connectivity index (χ4n) is 0.826. The lowest BCUT2D eigenvalue weighted by molar-refractivity contribution is 0.0852. The molecule has 0 radical (unpaired) electrons. The van der Waals surface area contributed by atoms with Gasteiger partial charge in [-0.3, -0.25) is 0 Å². The lowest BCUT2D eigenvalue weighted by atomic mass is 10.4. The highest BCUT2D eigenvalue weighted by Gasteiger charge is 1.93. The van der Waals surface area contributed by atoms with Gasteiger partial charge in [-0.05, 0) is 12.1 Å². The van der Waals surface area contributed by atoms with Crippen molar-refractivity contribution in [3.63, 3.8) is 0 Å². The number of nitrogens with zero attached hydrogens (tertiary/aromatic N) is 1. The van der Waals surface area contributed by atoms with Crippen LogP contribution in [0.1, 0.15) is 5.69 Å². The van der Waals surface area contributed by atoms with Gasteiger partial charge in [-0.2, -0.15) is 5.48 Å². The van der Waals surface area contributed by atoms with E-state index in [1.165, 1.54) is 5.69 Å². The van der Waals surface area contributed by atoms with Crippen molar-refractivity contribution in [3.8, 4) is 0 Å². The summed E-state index contributed by atoms with van der Waals surface area (Å²) in [6, 6.07) is 4.05. The number of aromatic nitrogens is 1. The highest BCUT2D eigenvalue weighted by atomic mass is 16.6. The Morgan fingerprint density at radius 2 is 2.50 bits per heavy atom. The summed E-state index contributed by atoms with van der Waals surface area (Å²) in [6.07, 6.45) is 2.01. The number of rotatable bonds is 3. The summed E-state index contributed by atoms with van der Waals surface area (Å²) in [7, 11) is 3.62. The van der Waals surface area contributed by atoms with Crippen LogP contribution in [0.3, 0.4) is 0 Å². The van der Waals surface area contributed by atoms with Gasteiger partial charge in [0, 0.05) is 18.9 Å². The number of aryl methyl sites for hydroxylation is 1. The smallest absolute Gasteiger partial charge is 0.0613 e. The van der Waals surface area contributed by atoms with Crippen molar-refractivity contribution in [1.82, 2.24) is 10.0 Å². The molecule has 0 unspecified atom stereocenters. The number of nitrogens with one attached hydrogen (secondary N) is 1. The lowest BCUT2D eigenvalue weighted by Crippen LogP contribution is -2.12. The molecule has 0 bridgehead atoms. The molecule has 0 amide bonds. The minimum Gasteiger partial charge on any atom is -0.353 e. The highest BCUT2D eigenvalue weighted by molar-refractivity contribution is 5.05. The van der Waals surface area contributed by atoms with Crippen LogP contribution in [-0.2, 0) is 18.4 Å². The van der Waals surface area contributed by atoms with Gasteiger partial charge in [0.05, 0.1) is 13.7 Å². The van der Waals surface area contributed by atoms with Crippen molar-refractivity contribution < 1.29 is 4.84 Å². The van der Waals surface area contributed by atoms with Crippen molar-refractivity contribution in [2.45, 2.75) is 6.54 Å². The molecule has 3 heteroatoms. The van der Waals surface area contributed by atoms with Crippen LogP contribution in [0.25, 0.3) is 0 Å². The van der Waals surface area contributed by atoms with Crippen LogP contribution in [0.15, 0.2) is 18.3 Å². The van der Waals surface area contributed by atoms with Gasteiger partial charge in [-0.25, -0.2) is 0 Å². The SMILES string of the molecule is CONCc1cccn1C. The number of hydroxylamine groups is 1. The Balaban J connectivity index is 2.49. The van der Waals surface area contributed by atoms with Crippen molar-refractivity contribution in [2.75, 3.05) is 7.11 Å². The van der Waals surface area contributed by atoms with E-state index in [0.717, 1.165) is 6.54 Å². The molecular formula is C7H12N2O. The zero-order chi connectivity index (χ0) is 7.40. The van der Waals surface area contributed by atoms with Gasteiger partial charge in [0.1, 0.15) is 0 Å². The van der Waals surface area contributed by atoms with E-state index in [2.05, 4.69) is 5.48 Å². The quantitative estimate of drug-likeness (QED) is 0.625. The molecule has 0 saturated carbocycles. The largest absolute Gasteiger partial charge is 0.353 e. The Hall–Kier alpha value is -0.800. The third kappa shape index (κ3) is 1.59. The molecule has 1 aromatic rings. The number of hydrogen-bond donors (Lipinski definition) is 1. The Labute approximate surface area is 60.6 Å². The fourth-order valence-corrected chi connectivity index (χ4v) is 0.826. The van der Waals surface area contributed by atoms with Gasteiger partial charge in [0.25, 0.3) is 0 Å². The molecule has 0 aromatic carbocycles. The number of hydrogen-bond acceptors (Lipinski definition) is 2. The maximum Gasteiger partial charge on any atom is 0.0613 e. The first-order chi connectivity index (χ1) is 4.84. The fraction of sp³-hybridized carbons (Fsp3) is 0.429. The van der Waals surface area contributed by atoms with E-state index in [1.54, 1.807) is 7.11 Å². The summed E-state index contributed by atoms with van der Waals surface area (Å²) in [6.45, 7) is 0.750. The first-order valence-electron chi connectivity index (χ1n) is 3.20. The van der Waals surface area contributed by atoms with Crippen LogP contribution in [0.5, 0.6) is 0 Å². The molecule has 1 aromatic heterocycles. The molecule has 0 spiro atoms. The Morgan fingerprint density at radius 1 is 1.70 bits per heavy atom. The van der Waals surface area contributed by atoms with Crippen LogP contribution in [0.2, 0.25) is 0 Å². The van der Waals surface area contributed by atoms with E-state index in [0.29, 0.717) is 0 Å². The molecule has 10 heavy (non-hydrogen) atoms. The molecule has 1 rings (SSSR count). The Kier molecular flexibility index (Phi) is 2.48. The zero-order valence-electron chi connectivity index (χ0n) is 6.29. The molecular weight excluding hydrogens is 128 g/mol. The first-order valence-corrected chi connectivity index (χ1v) is 3.20. The highest BCUT2D eigenvalue weighted by Crippen LogP contribution is 1.97. The topological polar surface area (TPSA) is 26.2 Å². The molecule has 1 N–H and O–H groups in total. The normalized spacial score (nSPS) is 10.2. The summed E-state index contributed by atoms with van der Waals surface area (Å²) in [5, 5.41) is 0. The van der Waals surface area contributed by atoms with E-state index in [4.69, 9.17) is 4.84 Å². The summed E-state index contributed by atoms with van der Waals surface area (Å²) < 4.78 is 2.05. The third-order valence-electron chi connectivity index (χ3n) is 1.45. The predicted molar refractivity (Wildman–Crippen MR) is 39.3 cm³/mol. The van der Waals surface area contributed by atoms with Crippen LogP contribution in [-0.4, -0.2) is 11.7 Å². The van der Waals surface area contributed by atoms with Crippen LogP contribution in [0, 0.1) is 0 Å². The van der Waals surface area contributed by atoms with Gasteiger partial charge in [-0.15, -0.1) is 0 Å². The predicted octanol–water partition coefficient (Wildman–Crippen LogP) is 0.676. The van der Waals surface area contributed by atoms with Gasteiger partial charge >= 0.3 is 0 Å². The molecule has 0 aliphatic rings. The molecule has 1 heterocycles. The van der Waals surface area contributed by atoms with Crippen molar-refractivity contribution in [3.05, 3.63) is 24.0 Å². The van der Waals surface area contributed by atoms with Crippen LogP contribution >= 0.6 is 0 Å². The van der Waals surface area contributed by atoms with Gasteiger partial charge in [0.2, 0.25) is 0 Å². The van der Waals surface area contributed by atoms with E-state index in [1.807, 2.05) is 29.9 Å². The van der Waals surface area contributed by atoms with Crippen LogP contribution in [0.4, 0.5) is 0 Å². The molecule has 0 fully saturated rings. The van der Waals surface area contributed by atoms with E-state index >= 15 is 0 Å². The maximum atomic E-state index is 4.71. The summed E-state index contributed by atoms with van der Waals surface area (Å²) in [5.74, 6) is 0. The summed E-state index contributed by atoms with van der Waals surface area (Å²) in [4.78, 5) is 4.71. The first kappa shape index (κ1) is 7.31. The van der Waals surface area contributed by atoms with E-state index < -0.39 is 0 Å². The van der Waals surface area contributed by atoms with Crippen molar-refractivity contribution in [1.29, 1.82) is 0 Å². The second-order valence-electron chi connectivity index (χ2n) is 2.14. The van der Waals surface area contributed by atoms with Gasteiger partial charge in [0.15, 0.2) is 0 Å². The summed E-state index contributed by atoms with van der Waals surface area (Å²) in [5.41, 5.74) is 3.98. The molecule has 0 atom stereocenters. The monoisotopic (exact) mass is 140 g/mol.